The molecule has 0 unspecified atom stereocenters. The van der Waals surface area contributed by atoms with Crippen molar-refractivity contribution in [3.05, 3.63) is 11.0 Å². The smallest absolute Gasteiger partial charge is 0.120 e. The maximum absolute atomic E-state index is 10.4. The molecule has 1 aliphatic carbocycles. The summed E-state index contributed by atoms with van der Waals surface area (Å²) < 4.78 is 37.5. The molecule has 1 heterocycles. The summed E-state index contributed by atoms with van der Waals surface area (Å²) in [6.45, 7) is 7.76. The number of hydrogen-bond donors (Lipinski definition) is 0. The second kappa shape index (κ2) is 7.38. The van der Waals surface area contributed by atoms with Crippen LogP contribution in [0.4, 0.5) is 0 Å². The zero-order chi connectivity index (χ0) is 14.4. The minimum absolute atomic E-state index is 0.0822. The summed E-state index contributed by atoms with van der Waals surface area (Å²) in [5, 5.41) is 0. The van der Waals surface area contributed by atoms with Crippen LogP contribution < -0.4 is 0 Å². The van der Waals surface area contributed by atoms with Crippen LogP contribution in [0.15, 0.2) is 11.0 Å². The Morgan fingerprint density at radius 1 is 1.32 bits per heavy atom. The van der Waals surface area contributed by atoms with Gasteiger partial charge in [0.1, 0.15) is 23.2 Å². The fraction of sp³-hybridized carbons (Fsp3) is 0.846. The molecular formula is C13H25NO4S. The molecule has 0 aromatic heterocycles. The van der Waals surface area contributed by atoms with Gasteiger partial charge in [0, 0.05) is 4.91 Å². The molecule has 0 aromatic carbocycles. The van der Waals surface area contributed by atoms with Crippen LogP contribution in [0.3, 0.4) is 0 Å². The van der Waals surface area contributed by atoms with Gasteiger partial charge in [-0.3, -0.25) is 0 Å². The number of morpholine rings is 1. The lowest BCUT2D eigenvalue weighted by Crippen LogP contribution is -2.51. The van der Waals surface area contributed by atoms with Crippen molar-refractivity contribution in [2.45, 2.75) is 32.6 Å². The van der Waals surface area contributed by atoms with Crippen LogP contribution in [-0.2, 0) is 14.9 Å². The maximum Gasteiger partial charge on any atom is 0.120 e. The van der Waals surface area contributed by atoms with Crippen LogP contribution in [0.1, 0.15) is 32.6 Å². The van der Waals surface area contributed by atoms with Crippen molar-refractivity contribution in [2.75, 3.05) is 39.9 Å². The lowest BCUT2D eigenvalue weighted by atomic mass is 10.1. The fourth-order valence-electron chi connectivity index (χ4n) is 2.14. The number of hydrogen-bond acceptors (Lipinski definition) is 4. The third-order valence-electron chi connectivity index (χ3n) is 3.88. The summed E-state index contributed by atoms with van der Waals surface area (Å²) >= 11 is 0. The molecule has 0 radical (unpaired) electrons. The van der Waals surface area contributed by atoms with Crippen LogP contribution in [-0.4, -0.2) is 57.3 Å². The van der Waals surface area contributed by atoms with Crippen LogP contribution in [0.2, 0.25) is 0 Å². The Kier molecular flexibility index (Phi) is 6.46. The summed E-state index contributed by atoms with van der Waals surface area (Å²) in [5.41, 5.74) is 0. The van der Waals surface area contributed by atoms with E-state index in [4.69, 9.17) is 4.74 Å². The van der Waals surface area contributed by atoms with Crippen LogP contribution in [0, 0.1) is 0 Å². The van der Waals surface area contributed by atoms with Crippen molar-refractivity contribution in [2.24, 2.45) is 0 Å². The first-order valence-corrected chi connectivity index (χ1v) is 8.34. The van der Waals surface area contributed by atoms with E-state index in [9.17, 15) is 13.0 Å². The number of nitrogens with zero attached hydrogens (tertiary/aromatic N) is 1. The Bertz CT molecular complexity index is 397. The predicted octanol–water partition coefficient (Wildman–Crippen LogP) is 1.47. The largest absolute Gasteiger partial charge is 0.744 e. The molecule has 1 saturated heterocycles. The van der Waals surface area contributed by atoms with Gasteiger partial charge in [-0.15, -0.1) is 0 Å². The van der Waals surface area contributed by atoms with Crippen molar-refractivity contribution in [3.63, 3.8) is 0 Å². The van der Waals surface area contributed by atoms with Gasteiger partial charge in [0.15, 0.2) is 0 Å². The van der Waals surface area contributed by atoms with E-state index >= 15 is 0 Å². The second-order valence-electron chi connectivity index (χ2n) is 5.37. The number of allylic oxidation sites excluding steroid dienone is 2. The highest BCUT2D eigenvalue weighted by Crippen LogP contribution is 2.20. The minimum atomic E-state index is -4.11. The third kappa shape index (κ3) is 6.03. The van der Waals surface area contributed by atoms with Crippen molar-refractivity contribution in [1.29, 1.82) is 0 Å². The first kappa shape index (κ1) is 16.6. The van der Waals surface area contributed by atoms with Gasteiger partial charge in [0.25, 0.3) is 0 Å². The maximum atomic E-state index is 10.4. The molecule has 2 rings (SSSR count). The lowest BCUT2D eigenvalue weighted by molar-refractivity contribution is -0.915. The van der Waals surface area contributed by atoms with E-state index in [0.717, 1.165) is 32.5 Å². The topological polar surface area (TPSA) is 66.4 Å². The molecule has 0 aromatic rings. The van der Waals surface area contributed by atoms with Crippen molar-refractivity contribution >= 4 is 10.1 Å². The van der Waals surface area contributed by atoms with E-state index in [1.165, 1.54) is 30.2 Å². The Morgan fingerprint density at radius 3 is 2.26 bits per heavy atom. The number of likely N-dealkylation sites (N-methyl/N-ethyl adjacent to an activating group) is 1. The van der Waals surface area contributed by atoms with E-state index in [1.54, 1.807) is 0 Å². The third-order valence-corrected chi connectivity index (χ3v) is 4.90. The first-order valence-electron chi connectivity index (χ1n) is 6.93. The lowest BCUT2D eigenvalue weighted by Gasteiger charge is -2.36. The van der Waals surface area contributed by atoms with E-state index < -0.39 is 10.1 Å². The fourth-order valence-corrected chi connectivity index (χ4v) is 2.85. The normalized spacial score (nSPS) is 23.0. The van der Waals surface area contributed by atoms with E-state index in [1.807, 2.05) is 0 Å². The number of ether oxygens (including phenoxy) is 1. The van der Waals surface area contributed by atoms with Gasteiger partial charge < -0.3 is 13.8 Å². The Hall–Kier alpha value is -0.430. The van der Waals surface area contributed by atoms with Crippen LogP contribution in [0.5, 0.6) is 0 Å². The molecule has 0 N–H and O–H groups in total. The molecule has 19 heavy (non-hydrogen) atoms. The van der Waals surface area contributed by atoms with Crippen LogP contribution in [0.25, 0.3) is 0 Å². The zero-order valence-electron chi connectivity index (χ0n) is 11.9. The molecule has 6 heteroatoms. The minimum Gasteiger partial charge on any atom is -0.744 e. The van der Waals surface area contributed by atoms with Gasteiger partial charge in [-0.1, -0.05) is 6.08 Å². The monoisotopic (exact) mass is 291 g/mol. The molecule has 112 valence electrons. The van der Waals surface area contributed by atoms with Gasteiger partial charge in [-0.2, -0.15) is 0 Å². The molecule has 0 amide bonds. The average molecular weight is 291 g/mol. The number of quaternary nitrogens is 1. The van der Waals surface area contributed by atoms with Crippen molar-refractivity contribution in [1.82, 2.24) is 0 Å². The summed E-state index contributed by atoms with van der Waals surface area (Å²) in [4.78, 5) is 0.0822. The van der Waals surface area contributed by atoms with Gasteiger partial charge in [-0.05, 0) is 32.6 Å². The molecular weight excluding hydrogens is 266 g/mol. The highest BCUT2D eigenvalue weighted by molar-refractivity contribution is 7.89. The van der Waals surface area contributed by atoms with E-state index in [2.05, 4.69) is 14.0 Å². The average Bonchev–Trinajstić information content (AvgIpc) is 2.40. The van der Waals surface area contributed by atoms with Crippen molar-refractivity contribution < 1.29 is 22.2 Å². The van der Waals surface area contributed by atoms with Crippen LogP contribution >= 0.6 is 0 Å². The second-order valence-corrected chi connectivity index (χ2v) is 6.80. The Labute approximate surface area is 116 Å². The quantitative estimate of drug-likeness (QED) is 0.571. The Morgan fingerprint density at radius 2 is 1.95 bits per heavy atom. The summed E-state index contributed by atoms with van der Waals surface area (Å²) in [7, 11) is -1.82. The summed E-state index contributed by atoms with van der Waals surface area (Å²) in [6, 6.07) is 0. The molecule has 5 nitrogen and oxygen atoms in total. The van der Waals surface area contributed by atoms with E-state index in [0.29, 0.717) is 6.42 Å². The standard InChI is InChI=1S/C7H16NO.C6H10O3S/c1-3-8(2)4-6-9-7-5-8;7-10(8,9)6-4-2-1-3-5-6/h3-7H2,1-2H3;4H,1-3,5H2,(H,7,8,9)/q+1;/p-1. The molecule has 1 aliphatic heterocycles. The van der Waals surface area contributed by atoms with Gasteiger partial charge in [-0.25, -0.2) is 8.42 Å². The summed E-state index contributed by atoms with van der Waals surface area (Å²) in [5.74, 6) is 0. The molecule has 0 spiro atoms. The van der Waals surface area contributed by atoms with Gasteiger partial charge in [0.05, 0.1) is 26.8 Å². The SMILES string of the molecule is CC[N+]1(C)CCOCC1.O=S(=O)([O-])C1=CCCCC1. The molecule has 0 saturated carbocycles. The van der Waals surface area contributed by atoms with Gasteiger partial charge >= 0.3 is 0 Å². The molecule has 2 aliphatic rings. The highest BCUT2D eigenvalue weighted by Gasteiger charge is 2.21. The summed E-state index contributed by atoms with van der Waals surface area (Å²) in [6.07, 6.45) is 4.53. The predicted molar refractivity (Wildman–Crippen MR) is 73.5 cm³/mol. The highest BCUT2D eigenvalue weighted by atomic mass is 32.2. The molecule has 0 bridgehead atoms. The van der Waals surface area contributed by atoms with Crippen molar-refractivity contribution in [3.8, 4) is 0 Å². The van der Waals surface area contributed by atoms with Gasteiger partial charge in [0.2, 0.25) is 0 Å². The Balaban J connectivity index is 0.000000191. The number of rotatable bonds is 2. The molecule has 1 fully saturated rings. The first-order chi connectivity index (χ1) is 8.87. The van der Waals surface area contributed by atoms with E-state index in [-0.39, 0.29) is 4.91 Å². The zero-order valence-corrected chi connectivity index (χ0v) is 12.7. The molecule has 0 atom stereocenters.